The van der Waals surface area contributed by atoms with Gasteiger partial charge in [-0.3, -0.25) is 34.1 Å². The first-order valence-electron chi connectivity index (χ1n) is 17.6. The van der Waals surface area contributed by atoms with E-state index in [4.69, 9.17) is 11.5 Å². The average molecular weight is 912 g/mol. The van der Waals surface area contributed by atoms with Gasteiger partial charge in [-0.05, 0) is 102 Å². The van der Waals surface area contributed by atoms with E-state index >= 15 is 0 Å². The lowest BCUT2D eigenvalue weighted by molar-refractivity contribution is 0.105. The third kappa shape index (κ3) is 9.30. The van der Waals surface area contributed by atoms with E-state index in [0.29, 0.717) is 5.69 Å². The summed E-state index contributed by atoms with van der Waals surface area (Å²) in [6.07, 6.45) is 1.86. The lowest BCUT2D eigenvalue weighted by atomic mass is 9.92. The molecule has 5 aromatic carbocycles. The number of azo groups is 1. The molecule has 0 atom stereocenters. The van der Waals surface area contributed by atoms with Crippen LogP contribution in [0.4, 0.5) is 39.8 Å². The number of hydrazone groups is 2. The molecule has 0 bridgehead atoms. The number of nitrogens with two attached hydrogens (primary N) is 2. The average Bonchev–Trinajstić information content (AvgIpc) is 3.22. The highest BCUT2D eigenvalue weighted by molar-refractivity contribution is 7.91. The number of ketones is 2. The summed E-state index contributed by atoms with van der Waals surface area (Å²) < 4.78 is 103. The number of fused-ring (bicyclic) bond motifs is 2. The molecule has 2 aliphatic carbocycles. The number of anilines is 4. The molecule has 2 aliphatic rings. The van der Waals surface area contributed by atoms with E-state index < -0.39 is 96.4 Å². The minimum atomic E-state index is -5.14. The maximum atomic E-state index is 13.7. The molecule has 0 amide bonds. The number of hydrogen-bond donors (Lipinski definition) is 8. The molecule has 0 aromatic heterocycles. The number of aliphatic hydroxyl groups excluding tert-OH is 1. The number of Topliss-reactive ketones (excluding diaryl/α,β-unsaturated/α-hetero) is 2. The first kappa shape index (κ1) is 43.4. The van der Waals surface area contributed by atoms with Crippen molar-refractivity contribution in [2.75, 3.05) is 22.3 Å². The third-order valence-corrected chi connectivity index (χ3v) is 11.6. The van der Waals surface area contributed by atoms with Crippen molar-refractivity contribution in [2.24, 2.45) is 25.4 Å². The number of carbonyl (C=O) groups is 2. The van der Waals surface area contributed by atoms with Gasteiger partial charge in [-0.25, -0.2) is 4.99 Å². The van der Waals surface area contributed by atoms with Crippen LogP contribution in [0.25, 0.3) is 12.2 Å². The second-order valence-corrected chi connectivity index (χ2v) is 17.5. The molecule has 0 spiro atoms. The molecule has 24 heteroatoms. The number of nitrogens with one attached hydrogen (secondary N) is 2. The summed E-state index contributed by atoms with van der Waals surface area (Å²) in [6, 6.07) is 24.3. The SMILES string of the molecule is Nc1ccc2c(c1)C(=O)/C(=N/Nc1ccc(N=C(O)c3ccc(N=Nc4c(S(=O)(=O)O)cc5c(c4N)C(=O)/C(=N/Nc4ccccc4)C(S(=O)(=O)O)=C5)cc3)cc1)C(S(=O)(=O)O)=C2. The number of carbonyl (C=O) groups excluding carboxylic acids is 2. The number of benzene rings is 5. The Labute approximate surface area is 356 Å². The molecule has 0 saturated heterocycles. The molecule has 0 aliphatic heterocycles. The van der Waals surface area contributed by atoms with E-state index in [1.807, 2.05) is 0 Å². The molecule has 0 heterocycles. The molecule has 10 N–H and O–H groups in total. The van der Waals surface area contributed by atoms with Crippen LogP contribution in [0, 0.1) is 0 Å². The maximum absolute atomic E-state index is 13.7. The Morgan fingerprint density at radius 2 is 1.14 bits per heavy atom. The zero-order valence-electron chi connectivity index (χ0n) is 31.6. The Balaban J connectivity index is 1.11. The maximum Gasteiger partial charge on any atom is 0.296 e. The van der Waals surface area contributed by atoms with E-state index in [0.717, 1.165) is 18.2 Å². The quantitative estimate of drug-likeness (QED) is 0.0190. The highest BCUT2D eigenvalue weighted by Gasteiger charge is 2.37. The van der Waals surface area contributed by atoms with Crippen molar-refractivity contribution in [1.82, 2.24) is 0 Å². The van der Waals surface area contributed by atoms with Crippen LogP contribution in [-0.2, 0) is 30.4 Å². The van der Waals surface area contributed by atoms with Gasteiger partial charge in [0.05, 0.1) is 34.0 Å². The Bertz CT molecular complexity index is 3300. The van der Waals surface area contributed by atoms with E-state index in [1.165, 1.54) is 66.7 Å². The Morgan fingerprint density at radius 1 is 0.587 bits per heavy atom. The number of hydrogen-bond acceptors (Lipinski definition) is 17. The van der Waals surface area contributed by atoms with Gasteiger partial charge < -0.3 is 16.6 Å². The zero-order valence-corrected chi connectivity index (χ0v) is 34.1. The van der Waals surface area contributed by atoms with Gasteiger partial charge >= 0.3 is 0 Å². The summed E-state index contributed by atoms with van der Waals surface area (Å²) in [4.78, 5) is 28.3. The first-order valence-corrected chi connectivity index (χ1v) is 22.0. The first-order chi connectivity index (χ1) is 29.7. The van der Waals surface area contributed by atoms with E-state index in [-0.39, 0.29) is 39.4 Å². The van der Waals surface area contributed by atoms with E-state index in [2.05, 4.69) is 36.3 Å². The standard InChI is InChI=1S/C39H29N9O12S3/c40-23-9-6-21-16-30(62(55,56)57)35(37(49)28(21)19-23)47-45-27-14-12-24(13-15-27)42-39(51)20-7-10-26(11-8-20)44-46-34-29(61(52,53)54)17-22-18-31(63(58,59)60)36(38(50)32(22)33(34)41)48-43-25-4-2-1-3-5-25/h1-19,43,45H,40-41H2,(H,42,51)(H,52,53,54)(H,55,56,57)(H,58,59,60)/b46-44?,47-35+,48-36+. The Hall–Kier alpha value is -7.74. The monoisotopic (exact) mass is 911 g/mol. The number of nitrogens with zero attached hydrogens (tertiary/aromatic N) is 5. The second kappa shape index (κ2) is 16.6. The van der Waals surface area contributed by atoms with Gasteiger partial charge in [0.25, 0.3) is 30.4 Å². The van der Waals surface area contributed by atoms with Crippen LogP contribution in [0.1, 0.15) is 37.4 Å². The van der Waals surface area contributed by atoms with Crippen molar-refractivity contribution < 1.29 is 53.6 Å². The molecule has 21 nitrogen and oxygen atoms in total. The fourth-order valence-corrected chi connectivity index (χ4v) is 8.07. The summed E-state index contributed by atoms with van der Waals surface area (Å²) in [5.74, 6) is -2.40. The molecule has 0 saturated carbocycles. The van der Waals surface area contributed by atoms with Gasteiger partial charge in [0.1, 0.15) is 20.4 Å². The fourth-order valence-electron chi connectivity index (χ4n) is 6.08. The van der Waals surface area contributed by atoms with Crippen LogP contribution in [0.15, 0.2) is 143 Å². The fraction of sp³-hybridized carbons (Fsp3) is 0. The highest BCUT2D eigenvalue weighted by Crippen LogP contribution is 2.41. The van der Waals surface area contributed by atoms with E-state index in [1.54, 1.807) is 30.3 Å². The minimum Gasteiger partial charge on any atom is -0.493 e. The predicted octanol–water partition coefficient (Wildman–Crippen LogP) is 5.94. The summed E-state index contributed by atoms with van der Waals surface area (Å²) in [7, 11) is -15.1. The summed E-state index contributed by atoms with van der Waals surface area (Å²) >= 11 is 0. The number of nitrogen functional groups attached to an aromatic ring is 2. The van der Waals surface area contributed by atoms with Crippen molar-refractivity contribution in [2.45, 2.75) is 4.90 Å². The topological polar surface area (TPSA) is 355 Å². The van der Waals surface area contributed by atoms with Crippen molar-refractivity contribution in [3.05, 3.63) is 141 Å². The summed E-state index contributed by atoms with van der Waals surface area (Å²) in [5.41, 5.74) is 15.2. The van der Waals surface area contributed by atoms with Crippen LogP contribution in [0.5, 0.6) is 0 Å². The molecule has 0 radical (unpaired) electrons. The van der Waals surface area contributed by atoms with E-state index in [9.17, 15) is 53.6 Å². The molecule has 0 unspecified atom stereocenters. The Kier molecular flexibility index (Phi) is 11.4. The number of para-hydroxylation sites is 1. The minimum absolute atomic E-state index is 0.0617. The van der Waals surface area contributed by atoms with Crippen molar-refractivity contribution in [3.8, 4) is 0 Å². The Morgan fingerprint density at radius 3 is 1.73 bits per heavy atom. The van der Waals surface area contributed by atoms with Crippen LogP contribution >= 0.6 is 0 Å². The van der Waals surface area contributed by atoms with Gasteiger partial charge in [0, 0.05) is 16.8 Å². The molecule has 63 heavy (non-hydrogen) atoms. The molecular weight excluding hydrogens is 883 g/mol. The smallest absolute Gasteiger partial charge is 0.296 e. The summed E-state index contributed by atoms with van der Waals surface area (Å²) in [5, 5.41) is 26.4. The van der Waals surface area contributed by atoms with Gasteiger partial charge in [0.15, 0.2) is 11.4 Å². The molecule has 5 aromatic rings. The molecule has 7 rings (SSSR count). The lowest BCUT2D eigenvalue weighted by Gasteiger charge is -2.20. The molecule has 0 fully saturated rings. The predicted molar refractivity (Wildman–Crippen MR) is 234 cm³/mol. The third-order valence-electron chi connectivity index (χ3n) is 9.05. The van der Waals surface area contributed by atoms with Crippen molar-refractivity contribution in [1.29, 1.82) is 0 Å². The lowest BCUT2D eigenvalue weighted by Crippen LogP contribution is -2.28. The molecule has 320 valence electrons. The number of aliphatic hydroxyl groups is 1. The normalized spacial score (nSPS) is 15.8. The van der Waals surface area contributed by atoms with Gasteiger partial charge in [-0.15, -0.1) is 5.11 Å². The molecular formula is C39H29N9O12S3. The zero-order chi connectivity index (χ0) is 45.4. The largest absolute Gasteiger partial charge is 0.493 e. The highest BCUT2D eigenvalue weighted by atomic mass is 32.2. The number of rotatable bonds is 11. The van der Waals surface area contributed by atoms with Crippen molar-refractivity contribution >= 4 is 111 Å². The number of allylic oxidation sites excluding steroid dienone is 2. The van der Waals surface area contributed by atoms with Crippen LogP contribution in [0.2, 0.25) is 0 Å². The van der Waals surface area contributed by atoms with Gasteiger partial charge in [-0.2, -0.15) is 40.6 Å². The second-order valence-electron chi connectivity index (χ2n) is 13.3. The van der Waals surface area contributed by atoms with Crippen LogP contribution in [0.3, 0.4) is 0 Å². The van der Waals surface area contributed by atoms with Gasteiger partial charge in [0.2, 0.25) is 17.5 Å². The van der Waals surface area contributed by atoms with Crippen molar-refractivity contribution in [3.63, 3.8) is 0 Å². The van der Waals surface area contributed by atoms with Gasteiger partial charge in [-0.1, -0.05) is 24.3 Å². The van der Waals surface area contributed by atoms with Crippen LogP contribution in [-0.4, -0.2) is 72.9 Å². The number of aliphatic imine (C=N–C) groups is 1. The van der Waals surface area contributed by atoms with Crippen LogP contribution < -0.4 is 22.3 Å². The summed E-state index contributed by atoms with van der Waals surface area (Å²) in [6.45, 7) is 0.